The Morgan fingerprint density at radius 3 is 2.56 bits per heavy atom. The Balaban J connectivity index is 2.40. The van der Waals surface area contributed by atoms with Crippen molar-refractivity contribution in [1.29, 1.82) is 0 Å². The van der Waals surface area contributed by atoms with Gasteiger partial charge in [-0.25, -0.2) is 0 Å². The Bertz CT molecular complexity index is 232. The van der Waals surface area contributed by atoms with E-state index in [4.69, 9.17) is 0 Å². The van der Waals surface area contributed by atoms with Crippen molar-refractivity contribution in [2.75, 3.05) is 13.1 Å². The topological polar surface area (TPSA) is 53.2 Å². The van der Waals surface area contributed by atoms with Crippen LogP contribution in [0.15, 0.2) is 0 Å². The number of hydrogen-bond acceptors (Lipinski definition) is 3. The van der Waals surface area contributed by atoms with E-state index in [9.17, 15) is 4.79 Å². The number of rotatable bonds is 4. The number of piperazine rings is 1. The first-order chi connectivity index (χ1) is 7.44. The third-order valence-electron chi connectivity index (χ3n) is 2.99. The quantitative estimate of drug-likeness (QED) is 0.660. The Kier molecular flexibility index (Phi) is 4.74. The Labute approximate surface area is 98.6 Å². The van der Waals surface area contributed by atoms with Gasteiger partial charge in [0.05, 0.1) is 6.04 Å². The van der Waals surface area contributed by atoms with Gasteiger partial charge in [0.1, 0.15) is 0 Å². The zero-order chi connectivity index (χ0) is 12.2. The monoisotopic (exact) mass is 227 g/mol. The first-order valence-corrected chi connectivity index (χ1v) is 6.23. The SMILES string of the molecule is CCCC(C)(C)NC(=O)C1CNC(C)CN1. The molecule has 4 heteroatoms. The molecule has 0 aromatic heterocycles. The number of hydrogen-bond donors (Lipinski definition) is 3. The molecular formula is C12H25N3O. The number of nitrogens with one attached hydrogen (secondary N) is 3. The van der Waals surface area contributed by atoms with Crippen LogP contribution in [-0.2, 0) is 4.79 Å². The summed E-state index contributed by atoms with van der Waals surface area (Å²) in [4.78, 5) is 12.0. The second-order valence-corrected chi connectivity index (χ2v) is 5.39. The molecule has 0 bridgehead atoms. The van der Waals surface area contributed by atoms with Crippen LogP contribution in [0, 0.1) is 0 Å². The van der Waals surface area contributed by atoms with Gasteiger partial charge in [-0.05, 0) is 27.2 Å². The third-order valence-corrected chi connectivity index (χ3v) is 2.99. The van der Waals surface area contributed by atoms with Crippen LogP contribution >= 0.6 is 0 Å². The van der Waals surface area contributed by atoms with Gasteiger partial charge in [-0.2, -0.15) is 0 Å². The lowest BCUT2D eigenvalue weighted by molar-refractivity contribution is -0.125. The molecule has 1 aliphatic heterocycles. The molecule has 0 aromatic rings. The van der Waals surface area contributed by atoms with E-state index >= 15 is 0 Å². The summed E-state index contributed by atoms with van der Waals surface area (Å²) in [6.45, 7) is 9.97. The minimum Gasteiger partial charge on any atom is -0.350 e. The highest BCUT2D eigenvalue weighted by Gasteiger charge is 2.27. The van der Waals surface area contributed by atoms with Crippen LogP contribution in [0.2, 0.25) is 0 Å². The molecule has 94 valence electrons. The van der Waals surface area contributed by atoms with E-state index in [1.54, 1.807) is 0 Å². The number of carbonyl (C=O) groups excluding carboxylic acids is 1. The smallest absolute Gasteiger partial charge is 0.238 e. The largest absolute Gasteiger partial charge is 0.350 e. The highest BCUT2D eigenvalue weighted by molar-refractivity contribution is 5.82. The van der Waals surface area contributed by atoms with Gasteiger partial charge in [0, 0.05) is 24.7 Å². The van der Waals surface area contributed by atoms with Crippen LogP contribution in [0.3, 0.4) is 0 Å². The average Bonchev–Trinajstić information content (AvgIpc) is 2.17. The summed E-state index contributed by atoms with van der Waals surface area (Å²) in [6.07, 6.45) is 2.09. The molecule has 1 aliphatic rings. The minimum atomic E-state index is -0.101. The van der Waals surface area contributed by atoms with E-state index in [1.807, 2.05) is 0 Å². The molecule has 0 aliphatic carbocycles. The van der Waals surface area contributed by atoms with E-state index in [2.05, 4.69) is 43.6 Å². The molecule has 1 fully saturated rings. The van der Waals surface area contributed by atoms with Crippen molar-refractivity contribution in [2.24, 2.45) is 0 Å². The summed E-state index contributed by atoms with van der Waals surface area (Å²) in [5.41, 5.74) is -0.101. The van der Waals surface area contributed by atoms with E-state index < -0.39 is 0 Å². The van der Waals surface area contributed by atoms with E-state index in [-0.39, 0.29) is 17.5 Å². The van der Waals surface area contributed by atoms with Gasteiger partial charge in [-0.15, -0.1) is 0 Å². The summed E-state index contributed by atoms with van der Waals surface area (Å²) >= 11 is 0. The minimum absolute atomic E-state index is 0.0904. The van der Waals surface area contributed by atoms with Crippen LogP contribution in [-0.4, -0.2) is 36.6 Å². The van der Waals surface area contributed by atoms with Crippen molar-refractivity contribution in [3.05, 3.63) is 0 Å². The standard InChI is InChI=1S/C12H25N3O/c1-5-6-12(3,4)15-11(16)10-8-13-9(2)7-14-10/h9-10,13-14H,5-8H2,1-4H3,(H,15,16). The number of amides is 1. The molecule has 1 amide bonds. The van der Waals surface area contributed by atoms with Gasteiger partial charge in [0.25, 0.3) is 0 Å². The van der Waals surface area contributed by atoms with Crippen molar-refractivity contribution < 1.29 is 4.79 Å². The lowest BCUT2D eigenvalue weighted by Gasteiger charge is -2.32. The number of carbonyl (C=O) groups is 1. The molecule has 1 heterocycles. The van der Waals surface area contributed by atoms with E-state index in [1.165, 1.54) is 0 Å². The fraction of sp³-hybridized carbons (Fsp3) is 0.917. The van der Waals surface area contributed by atoms with Crippen LogP contribution in [0.4, 0.5) is 0 Å². The maximum atomic E-state index is 12.0. The molecular weight excluding hydrogens is 202 g/mol. The van der Waals surface area contributed by atoms with Gasteiger partial charge >= 0.3 is 0 Å². The zero-order valence-electron chi connectivity index (χ0n) is 10.9. The molecule has 3 N–H and O–H groups in total. The van der Waals surface area contributed by atoms with Crippen LogP contribution < -0.4 is 16.0 Å². The van der Waals surface area contributed by atoms with Gasteiger partial charge in [-0.1, -0.05) is 13.3 Å². The average molecular weight is 227 g/mol. The van der Waals surface area contributed by atoms with Crippen molar-refractivity contribution in [3.63, 3.8) is 0 Å². The molecule has 0 saturated carbocycles. The van der Waals surface area contributed by atoms with Crippen molar-refractivity contribution in [1.82, 2.24) is 16.0 Å². The highest BCUT2D eigenvalue weighted by atomic mass is 16.2. The molecule has 2 unspecified atom stereocenters. The Morgan fingerprint density at radius 1 is 1.38 bits per heavy atom. The van der Waals surface area contributed by atoms with E-state index in [0.717, 1.165) is 25.9 Å². The summed E-state index contributed by atoms with van der Waals surface area (Å²) in [6, 6.07) is 0.361. The van der Waals surface area contributed by atoms with Crippen molar-refractivity contribution in [2.45, 2.75) is 58.2 Å². The van der Waals surface area contributed by atoms with Crippen molar-refractivity contribution in [3.8, 4) is 0 Å². The second-order valence-electron chi connectivity index (χ2n) is 5.39. The summed E-state index contributed by atoms with van der Waals surface area (Å²) in [5, 5.41) is 9.67. The third kappa shape index (κ3) is 4.10. The van der Waals surface area contributed by atoms with Crippen molar-refractivity contribution >= 4 is 5.91 Å². The fourth-order valence-corrected chi connectivity index (χ4v) is 2.08. The molecule has 1 rings (SSSR count). The summed E-state index contributed by atoms with van der Waals surface area (Å²) in [7, 11) is 0. The predicted octanol–water partition coefficient (Wildman–Crippen LogP) is 0.631. The van der Waals surface area contributed by atoms with Crippen LogP contribution in [0.25, 0.3) is 0 Å². The summed E-state index contributed by atoms with van der Waals surface area (Å²) < 4.78 is 0. The normalized spacial score (nSPS) is 26.5. The Hall–Kier alpha value is -0.610. The van der Waals surface area contributed by atoms with Gasteiger partial charge in [-0.3, -0.25) is 4.79 Å². The highest BCUT2D eigenvalue weighted by Crippen LogP contribution is 2.11. The molecule has 0 spiro atoms. The second kappa shape index (κ2) is 5.64. The maximum Gasteiger partial charge on any atom is 0.238 e. The van der Waals surface area contributed by atoms with Gasteiger partial charge in [0.2, 0.25) is 5.91 Å². The molecule has 0 radical (unpaired) electrons. The fourth-order valence-electron chi connectivity index (χ4n) is 2.08. The van der Waals surface area contributed by atoms with Crippen LogP contribution in [0.5, 0.6) is 0 Å². The van der Waals surface area contributed by atoms with E-state index in [0.29, 0.717) is 6.04 Å². The molecule has 16 heavy (non-hydrogen) atoms. The van der Waals surface area contributed by atoms with Gasteiger partial charge in [0.15, 0.2) is 0 Å². The molecule has 0 aromatic carbocycles. The maximum absolute atomic E-state index is 12.0. The molecule has 2 atom stereocenters. The molecule has 1 saturated heterocycles. The molecule has 4 nitrogen and oxygen atoms in total. The van der Waals surface area contributed by atoms with Gasteiger partial charge < -0.3 is 16.0 Å². The first kappa shape index (κ1) is 13.5. The van der Waals surface area contributed by atoms with Crippen LogP contribution in [0.1, 0.15) is 40.5 Å². The summed E-state index contributed by atoms with van der Waals surface area (Å²) in [5.74, 6) is 0.109. The lowest BCUT2D eigenvalue weighted by Crippen LogP contribution is -2.61. The zero-order valence-corrected chi connectivity index (χ0v) is 10.9. The first-order valence-electron chi connectivity index (χ1n) is 6.23. The predicted molar refractivity (Wildman–Crippen MR) is 66.4 cm³/mol. The Morgan fingerprint density at radius 2 is 2.06 bits per heavy atom. The lowest BCUT2D eigenvalue weighted by atomic mass is 9.98.